The molecular weight excluding hydrogens is 324 g/mol. The number of carbonyl (C=O) groups is 1. The van der Waals surface area contributed by atoms with Gasteiger partial charge < -0.3 is 19.7 Å². The molecule has 2 rings (SSSR count). The van der Waals surface area contributed by atoms with E-state index < -0.39 is 0 Å². The lowest BCUT2D eigenvalue weighted by molar-refractivity contribution is 0.193. The van der Waals surface area contributed by atoms with E-state index in [9.17, 15) is 4.79 Å². The lowest BCUT2D eigenvalue weighted by atomic mass is 10.2. The number of thiophene rings is 1. The van der Waals surface area contributed by atoms with Gasteiger partial charge in [-0.1, -0.05) is 19.1 Å². The zero-order chi connectivity index (χ0) is 17.4. The molecule has 24 heavy (non-hydrogen) atoms. The molecular formula is C18H24N2O3S. The van der Waals surface area contributed by atoms with Crippen molar-refractivity contribution in [2.45, 2.75) is 26.4 Å². The Hall–Kier alpha value is -2.21. The minimum Gasteiger partial charge on any atom is -0.493 e. The number of benzene rings is 1. The molecule has 0 fully saturated rings. The molecule has 1 heterocycles. The van der Waals surface area contributed by atoms with Gasteiger partial charge in [0.05, 0.1) is 20.8 Å². The molecule has 1 N–H and O–H groups in total. The Morgan fingerprint density at radius 1 is 1.17 bits per heavy atom. The highest BCUT2D eigenvalue weighted by Gasteiger charge is 2.16. The number of methoxy groups -OCH3 is 2. The third kappa shape index (κ3) is 4.89. The van der Waals surface area contributed by atoms with Crippen LogP contribution in [0.25, 0.3) is 0 Å². The number of nitrogens with zero attached hydrogens (tertiary/aromatic N) is 1. The summed E-state index contributed by atoms with van der Waals surface area (Å²) in [7, 11) is 3.22. The quantitative estimate of drug-likeness (QED) is 0.787. The molecule has 0 aliphatic rings. The van der Waals surface area contributed by atoms with Crippen LogP contribution < -0.4 is 14.8 Å². The van der Waals surface area contributed by atoms with Crippen molar-refractivity contribution < 1.29 is 14.3 Å². The van der Waals surface area contributed by atoms with Gasteiger partial charge >= 0.3 is 6.03 Å². The maximum Gasteiger partial charge on any atom is 0.318 e. The third-order valence-corrected chi connectivity index (χ3v) is 4.42. The zero-order valence-electron chi connectivity index (χ0n) is 14.4. The average Bonchev–Trinajstić information content (AvgIpc) is 3.12. The van der Waals surface area contributed by atoms with Crippen molar-refractivity contribution in [3.8, 4) is 11.5 Å². The Bertz CT molecular complexity index is 644. The molecule has 2 amide bonds. The van der Waals surface area contributed by atoms with Crippen molar-refractivity contribution in [2.24, 2.45) is 0 Å². The standard InChI is InChI=1S/C18H24N2O3S/c1-4-9-19-18(21)20(13-15-6-5-10-24-15)12-14-7-8-16(22-2)17(11-14)23-3/h5-8,10-11H,4,9,12-13H2,1-3H3,(H,19,21). The van der Waals surface area contributed by atoms with Crippen LogP contribution in [-0.2, 0) is 13.1 Å². The monoisotopic (exact) mass is 348 g/mol. The predicted molar refractivity (Wildman–Crippen MR) is 96.8 cm³/mol. The first-order valence-corrected chi connectivity index (χ1v) is 8.82. The fourth-order valence-corrected chi connectivity index (χ4v) is 3.05. The van der Waals surface area contributed by atoms with E-state index in [0.717, 1.165) is 16.9 Å². The van der Waals surface area contributed by atoms with Crippen LogP contribution in [0.3, 0.4) is 0 Å². The predicted octanol–water partition coefficient (Wildman–Crippen LogP) is 3.89. The van der Waals surface area contributed by atoms with E-state index >= 15 is 0 Å². The van der Waals surface area contributed by atoms with Gasteiger partial charge in [-0.15, -0.1) is 11.3 Å². The van der Waals surface area contributed by atoms with Crippen molar-refractivity contribution in [2.75, 3.05) is 20.8 Å². The van der Waals surface area contributed by atoms with Gasteiger partial charge in [0.1, 0.15) is 0 Å². The molecule has 0 saturated heterocycles. The number of hydrogen-bond acceptors (Lipinski definition) is 4. The molecule has 1 aromatic carbocycles. The first-order chi connectivity index (χ1) is 11.7. The maximum absolute atomic E-state index is 12.5. The van der Waals surface area contributed by atoms with E-state index in [-0.39, 0.29) is 6.03 Å². The van der Waals surface area contributed by atoms with E-state index in [2.05, 4.69) is 5.32 Å². The smallest absolute Gasteiger partial charge is 0.318 e. The van der Waals surface area contributed by atoms with Crippen LogP contribution in [0.5, 0.6) is 11.5 Å². The van der Waals surface area contributed by atoms with Gasteiger partial charge in [0.2, 0.25) is 0 Å². The number of urea groups is 1. The number of carbonyl (C=O) groups excluding carboxylic acids is 1. The Labute approximate surface area is 147 Å². The minimum absolute atomic E-state index is 0.0555. The fraction of sp³-hybridized carbons (Fsp3) is 0.389. The van der Waals surface area contributed by atoms with E-state index in [0.29, 0.717) is 31.1 Å². The van der Waals surface area contributed by atoms with Crippen LogP contribution in [0.1, 0.15) is 23.8 Å². The Morgan fingerprint density at radius 2 is 1.96 bits per heavy atom. The molecule has 0 saturated carbocycles. The highest BCUT2D eigenvalue weighted by Crippen LogP contribution is 2.28. The average molecular weight is 348 g/mol. The van der Waals surface area contributed by atoms with Gasteiger partial charge in [-0.3, -0.25) is 0 Å². The van der Waals surface area contributed by atoms with Crippen LogP contribution in [0.4, 0.5) is 4.79 Å². The maximum atomic E-state index is 12.5. The number of ether oxygens (including phenoxy) is 2. The molecule has 0 atom stereocenters. The zero-order valence-corrected chi connectivity index (χ0v) is 15.2. The van der Waals surface area contributed by atoms with Gasteiger partial charge in [-0.05, 0) is 35.6 Å². The first kappa shape index (κ1) is 18.1. The van der Waals surface area contributed by atoms with Crippen molar-refractivity contribution in [1.82, 2.24) is 10.2 Å². The topological polar surface area (TPSA) is 50.8 Å². The number of rotatable bonds is 8. The van der Waals surface area contributed by atoms with Crippen LogP contribution in [0.15, 0.2) is 35.7 Å². The molecule has 2 aromatic rings. The second kappa shape index (κ2) is 9.17. The largest absolute Gasteiger partial charge is 0.493 e. The summed E-state index contributed by atoms with van der Waals surface area (Å²) in [5.74, 6) is 1.35. The van der Waals surface area contributed by atoms with Gasteiger partial charge in [0.15, 0.2) is 11.5 Å². The first-order valence-electron chi connectivity index (χ1n) is 7.94. The van der Waals surface area contributed by atoms with Crippen molar-refractivity contribution >= 4 is 17.4 Å². The van der Waals surface area contributed by atoms with Crippen LogP contribution >= 0.6 is 11.3 Å². The van der Waals surface area contributed by atoms with Gasteiger partial charge in [-0.2, -0.15) is 0 Å². The van der Waals surface area contributed by atoms with Gasteiger partial charge in [0, 0.05) is 18.0 Å². The van der Waals surface area contributed by atoms with E-state index in [1.54, 1.807) is 25.6 Å². The SMILES string of the molecule is CCCNC(=O)N(Cc1ccc(OC)c(OC)c1)Cc1cccs1. The van der Waals surface area contributed by atoms with E-state index in [1.807, 2.05) is 47.5 Å². The lowest BCUT2D eigenvalue weighted by Gasteiger charge is -2.23. The Kier molecular flexibility index (Phi) is 6.93. The molecule has 0 spiro atoms. The van der Waals surface area contributed by atoms with E-state index in [1.165, 1.54) is 0 Å². The molecule has 130 valence electrons. The molecule has 0 aliphatic carbocycles. The number of amides is 2. The summed E-state index contributed by atoms with van der Waals surface area (Å²) in [5, 5.41) is 4.97. The van der Waals surface area contributed by atoms with Crippen LogP contribution in [0.2, 0.25) is 0 Å². The highest BCUT2D eigenvalue weighted by atomic mass is 32.1. The normalized spacial score (nSPS) is 10.3. The summed E-state index contributed by atoms with van der Waals surface area (Å²) in [6.07, 6.45) is 0.912. The molecule has 0 radical (unpaired) electrons. The number of hydrogen-bond donors (Lipinski definition) is 1. The molecule has 5 nitrogen and oxygen atoms in total. The lowest BCUT2D eigenvalue weighted by Crippen LogP contribution is -2.39. The van der Waals surface area contributed by atoms with Crippen molar-refractivity contribution in [1.29, 1.82) is 0 Å². The van der Waals surface area contributed by atoms with Crippen molar-refractivity contribution in [3.63, 3.8) is 0 Å². The summed E-state index contributed by atoms with van der Waals surface area (Å²) in [6.45, 7) is 3.80. The minimum atomic E-state index is -0.0555. The third-order valence-electron chi connectivity index (χ3n) is 3.56. The summed E-state index contributed by atoms with van der Waals surface area (Å²) in [6, 6.07) is 9.71. The van der Waals surface area contributed by atoms with Crippen LogP contribution in [-0.4, -0.2) is 31.7 Å². The highest BCUT2D eigenvalue weighted by molar-refractivity contribution is 7.09. The molecule has 0 bridgehead atoms. The summed E-state index contributed by atoms with van der Waals surface area (Å²) >= 11 is 1.65. The molecule has 0 aliphatic heterocycles. The fourth-order valence-electron chi connectivity index (χ4n) is 2.33. The Balaban J connectivity index is 2.15. The van der Waals surface area contributed by atoms with Crippen molar-refractivity contribution in [3.05, 3.63) is 46.2 Å². The second-order valence-electron chi connectivity index (χ2n) is 5.36. The number of nitrogens with one attached hydrogen (secondary N) is 1. The molecule has 0 unspecified atom stereocenters. The van der Waals surface area contributed by atoms with Gasteiger partial charge in [0.25, 0.3) is 0 Å². The summed E-state index contributed by atoms with van der Waals surface area (Å²) in [4.78, 5) is 15.4. The van der Waals surface area contributed by atoms with Gasteiger partial charge in [-0.25, -0.2) is 4.79 Å². The van der Waals surface area contributed by atoms with Crippen LogP contribution in [0, 0.1) is 0 Å². The Morgan fingerprint density at radius 3 is 2.58 bits per heavy atom. The second-order valence-corrected chi connectivity index (χ2v) is 6.39. The summed E-state index contributed by atoms with van der Waals surface area (Å²) < 4.78 is 10.6. The molecule has 1 aromatic heterocycles. The molecule has 6 heteroatoms. The summed E-state index contributed by atoms with van der Waals surface area (Å²) in [5.41, 5.74) is 0.996. The van der Waals surface area contributed by atoms with E-state index in [4.69, 9.17) is 9.47 Å².